The highest BCUT2D eigenvalue weighted by Crippen LogP contribution is 2.27. The average Bonchev–Trinajstić information content (AvgIpc) is 2.48. The molecule has 0 aromatic rings. The van der Waals surface area contributed by atoms with Crippen LogP contribution >= 0.6 is 0 Å². The van der Waals surface area contributed by atoms with Gasteiger partial charge in [-0.2, -0.15) is 0 Å². The zero-order valence-electron chi connectivity index (χ0n) is 10.0. The Morgan fingerprint density at radius 3 is 2.38 bits per heavy atom. The van der Waals surface area contributed by atoms with Gasteiger partial charge >= 0.3 is 0 Å². The molecule has 3 unspecified atom stereocenters. The third kappa shape index (κ3) is 1.98. The number of piperidine rings is 1. The van der Waals surface area contributed by atoms with Gasteiger partial charge in [0.15, 0.2) is 0 Å². The lowest BCUT2D eigenvalue weighted by atomic mass is 9.99. The van der Waals surface area contributed by atoms with Crippen LogP contribution in [-0.2, 0) is 9.59 Å². The van der Waals surface area contributed by atoms with Gasteiger partial charge in [0, 0.05) is 18.4 Å². The molecule has 0 aromatic heterocycles. The van der Waals surface area contributed by atoms with Crippen molar-refractivity contribution in [2.24, 2.45) is 17.8 Å². The summed E-state index contributed by atoms with van der Waals surface area (Å²) < 4.78 is 0. The van der Waals surface area contributed by atoms with Crippen molar-refractivity contribution in [1.29, 1.82) is 0 Å². The number of imide groups is 1. The first kappa shape index (κ1) is 11.6. The van der Waals surface area contributed by atoms with Crippen LogP contribution in [0.15, 0.2) is 0 Å². The maximum atomic E-state index is 11.9. The second-order valence-electron chi connectivity index (χ2n) is 5.08. The average molecular weight is 224 g/mol. The summed E-state index contributed by atoms with van der Waals surface area (Å²) >= 11 is 0. The molecule has 1 N–H and O–H groups in total. The lowest BCUT2D eigenvalue weighted by Gasteiger charge is -2.26. The largest absolute Gasteiger partial charge is 0.316 e. The zero-order valence-corrected chi connectivity index (χ0v) is 10.0. The van der Waals surface area contributed by atoms with E-state index >= 15 is 0 Å². The van der Waals surface area contributed by atoms with Crippen molar-refractivity contribution in [3.8, 4) is 0 Å². The Labute approximate surface area is 96.4 Å². The van der Waals surface area contributed by atoms with Gasteiger partial charge in [0.25, 0.3) is 0 Å². The molecule has 4 nitrogen and oxygen atoms in total. The first-order valence-electron chi connectivity index (χ1n) is 6.17. The smallest absolute Gasteiger partial charge is 0.232 e. The topological polar surface area (TPSA) is 49.4 Å². The molecule has 3 atom stereocenters. The number of amides is 2. The van der Waals surface area contributed by atoms with E-state index in [2.05, 4.69) is 5.32 Å². The molecule has 2 amide bonds. The minimum atomic E-state index is -0.135. The Morgan fingerprint density at radius 2 is 1.88 bits per heavy atom. The van der Waals surface area contributed by atoms with Crippen molar-refractivity contribution < 1.29 is 9.59 Å². The Bertz CT molecular complexity index is 277. The molecule has 0 bridgehead atoms. The summed E-state index contributed by atoms with van der Waals surface area (Å²) in [4.78, 5) is 25.2. The van der Waals surface area contributed by atoms with Gasteiger partial charge in [-0.1, -0.05) is 13.8 Å². The summed E-state index contributed by atoms with van der Waals surface area (Å²) in [6.07, 6.45) is 2.26. The van der Waals surface area contributed by atoms with E-state index in [0.717, 1.165) is 25.9 Å². The second-order valence-corrected chi connectivity index (χ2v) is 5.08. The van der Waals surface area contributed by atoms with Crippen molar-refractivity contribution in [3.05, 3.63) is 0 Å². The van der Waals surface area contributed by atoms with Gasteiger partial charge in [0.2, 0.25) is 11.8 Å². The predicted octanol–water partition coefficient (Wildman–Crippen LogP) is 0.627. The molecule has 4 heteroatoms. The van der Waals surface area contributed by atoms with Crippen LogP contribution < -0.4 is 5.32 Å². The highest BCUT2D eigenvalue weighted by atomic mass is 16.2. The Morgan fingerprint density at radius 1 is 1.25 bits per heavy atom. The van der Waals surface area contributed by atoms with Crippen molar-refractivity contribution >= 4 is 11.8 Å². The van der Waals surface area contributed by atoms with Gasteiger partial charge in [0.1, 0.15) is 0 Å². The third-order valence-corrected chi connectivity index (χ3v) is 3.90. The van der Waals surface area contributed by atoms with Crippen LogP contribution in [0.4, 0.5) is 0 Å². The van der Waals surface area contributed by atoms with Crippen molar-refractivity contribution in [1.82, 2.24) is 10.2 Å². The molecule has 0 aromatic carbocycles. The normalized spacial score (nSPS) is 35.9. The van der Waals surface area contributed by atoms with E-state index in [1.165, 1.54) is 4.90 Å². The Kier molecular flexibility index (Phi) is 3.28. The summed E-state index contributed by atoms with van der Waals surface area (Å²) in [5.41, 5.74) is 0. The van der Waals surface area contributed by atoms with Crippen LogP contribution in [0.3, 0.4) is 0 Å². The van der Waals surface area contributed by atoms with Crippen LogP contribution in [0.2, 0.25) is 0 Å². The fourth-order valence-electron chi connectivity index (χ4n) is 2.55. The number of hydrogen-bond acceptors (Lipinski definition) is 3. The third-order valence-electron chi connectivity index (χ3n) is 3.90. The lowest BCUT2D eigenvalue weighted by Crippen LogP contribution is -2.41. The molecule has 0 radical (unpaired) electrons. The van der Waals surface area contributed by atoms with Crippen molar-refractivity contribution in [3.63, 3.8) is 0 Å². The Hall–Kier alpha value is -0.900. The SMILES string of the molecule is CC1C(=O)N(CC2CCCNC2)C(=O)C1C. The molecule has 2 aliphatic rings. The van der Waals surface area contributed by atoms with Crippen LogP contribution in [0.25, 0.3) is 0 Å². The number of nitrogens with zero attached hydrogens (tertiary/aromatic N) is 1. The van der Waals surface area contributed by atoms with Gasteiger partial charge in [0.05, 0.1) is 0 Å². The summed E-state index contributed by atoms with van der Waals surface area (Å²) in [7, 11) is 0. The highest BCUT2D eigenvalue weighted by Gasteiger charge is 2.42. The molecule has 0 saturated carbocycles. The number of rotatable bonds is 2. The summed E-state index contributed by atoms with van der Waals surface area (Å²) in [6, 6.07) is 0. The minimum Gasteiger partial charge on any atom is -0.316 e. The number of hydrogen-bond donors (Lipinski definition) is 1. The van der Waals surface area contributed by atoms with Gasteiger partial charge in [-0.25, -0.2) is 0 Å². The summed E-state index contributed by atoms with van der Waals surface area (Å²) in [5, 5.41) is 3.31. The first-order chi connectivity index (χ1) is 7.61. The van der Waals surface area contributed by atoms with Gasteiger partial charge < -0.3 is 5.32 Å². The fraction of sp³-hybridized carbons (Fsp3) is 0.833. The van der Waals surface area contributed by atoms with E-state index in [0.29, 0.717) is 12.5 Å². The quantitative estimate of drug-likeness (QED) is 0.700. The molecule has 2 rings (SSSR count). The van der Waals surface area contributed by atoms with Crippen LogP contribution in [0, 0.1) is 17.8 Å². The molecule has 0 spiro atoms. The van der Waals surface area contributed by atoms with E-state index in [1.54, 1.807) is 0 Å². The van der Waals surface area contributed by atoms with Gasteiger partial charge in [-0.05, 0) is 31.8 Å². The maximum absolute atomic E-state index is 11.9. The van der Waals surface area contributed by atoms with Crippen molar-refractivity contribution in [2.45, 2.75) is 26.7 Å². The maximum Gasteiger partial charge on any atom is 0.232 e. The molecule has 0 aliphatic carbocycles. The number of carbonyl (C=O) groups is 2. The molecule has 2 heterocycles. The summed E-state index contributed by atoms with van der Waals surface area (Å²) in [5.74, 6) is 0.207. The van der Waals surface area contributed by atoms with E-state index in [-0.39, 0.29) is 23.7 Å². The van der Waals surface area contributed by atoms with E-state index in [9.17, 15) is 9.59 Å². The van der Waals surface area contributed by atoms with Crippen LogP contribution in [0.5, 0.6) is 0 Å². The lowest BCUT2D eigenvalue weighted by molar-refractivity contribution is -0.140. The molecule has 2 fully saturated rings. The molecular weight excluding hydrogens is 204 g/mol. The molecule has 90 valence electrons. The summed E-state index contributed by atoms with van der Waals surface area (Å²) in [6.45, 7) is 6.30. The molecule has 16 heavy (non-hydrogen) atoms. The minimum absolute atomic E-state index is 0.0167. The van der Waals surface area contributed by atoms with Gasteiger partial charge in [-0.3, -0.25) is 14.5 Å². The predicted molar refractivity (Wildman–Crippen MR) is 60.6 cm³/mol. The number of carbonyl (C=O) groups excluding carboxylic acids is 2. The van der Waals surface area contributed by atoms with Crippen molar-refractivity contribution in [2.75, 3.05) is 19.6 Å². The Balaban J connectivity index is 1.98. The fourth-order valence-corrected chi connectivity index (χ4v) is 2.55. The molecule has 2 aliphatic heterocycles. The van der Waals surface area contributed by atoms with Gasteiger partial charge in [-0.15, -0.1) is 0 Å². The second kappa shape index (κ2) is 4.53. The monoisotopic (exact) mass is 224 g/mol. The number of nitrogens with one attached hydrogen (secondary N) is 1. The van der Waals surface area contributed by atoms with E-state index in [4.69, 9.17) is 0 Å². The van der Waals surface area contributed by atoms with Crippen LogP contribution in [0.1, 0.15) is 26.7 Å². The molecule has 2 saturated heterocycles. The molecular formula is C12H20N2O2. The van der Waals surface area contributed by atoms with E-state index in [1.807, 2.05) is 13.8 Å². The number of likely N-dealkylation sites (tertiary alicyclic amines) is 1. The standard InChI is InChI=1S/C12H20N2O2/c1-8-9(2)12(16)14(11(8)15)7-10-4-3-5-13-6-10/h8-10,13H,3-7H2,1-2H3. The first-order valence-corrected chi connectivity index (χ1v) is 6.17. The van der Waals surface area contributed by atoms with Crippen LogP contribution in [-0.4, -0.2) is 36.3 Å². The van der Waals surface area contributed by atoms with E-state index < -0.39 is 0 Å². The highest BCUT2D eigenvalue weighted by molar-refractivity contribution is 6.04. The zero-order chi connectivity index (χ0) is 11.7.